The van der Waals surface area contributed by atoms with Crippen LogP contribution in [0.4, 0.5) is 0 Å². The molecule has 0 radical (unpaired) electrons. The van der Waals surface area contributed by atoms with Crippen molar-refractivity contribution in [3.8, 4) is 0 Å². The van der Waals surface area contributed by atoms with Gasteiger partial charge in [0.1, 0.15) is 11.6 Å². The van der Waals surface area contributed by atoms with E-state index < -0.39 is 35.4 Å². The third kappa shape index (κ3) is 4.70. The van der Waals surface area contributed by atoms with E-state index in [2.05, 4.69) is 0 Å². The molecule has 1 rings (SSSR count). The Kier molecular flexibility index (Phi) is 7.69. The maximum atomic E-state index is 11.7. The Balaban J connectivity index is 2.76. The highest BCUT2D eigenvalue weighted by atomic mass is 32.2. The number of carboxylic acids is 2. The summed E-state index contributed by atoms with van der Waals surface area (Å²) in [7, 11) is 0. The summed E-state index contributed by atoms with van der Waals surface area (Å²) < 4.78 is 0. The van der Waals surface area contributed by atoms with Crippen LogP contribution in [-0.2, 0) is 14.4 Å². The summed E-state index contributed by atoms with van der Waals surface area (Å²) in [6.07, 6.45) is 2.27. The molecule has 24 heavy (non-hydrogen) atoms. The van der Waals surface area contributed by atoms with Crippen LogP contribution in [0.25, 0.3) is 0 Å². The number of hydrogen-bond acceptors (Lipinski definition) is 6. The van der Waals surface area contributed by atoms with E-state index >= 15 is 0 Å². The van der Waals surface area contributed by atoms with Gasteiger partial charge in [0.25, 0.3) is 0 Å². The number of aliphatic hydroxyl groups is 1. The Hall–Kier alpha value is -1.12. The summed E-state index contributed by atoms with van der Waals surface area (Å²) in [5.74, 6) is -2.94. The molecular formula is C16H27NO6S. The lowest BCUT2D eigenvalue weighted by molar-refractivity contribution is -0.165. The molecule has 1 aliphatic carbocycles. The number of rotatable bonds is 9. The Morgan fingerprint density at radius 1 is 1.33 bits per heavy atom. The van der Waals surface area contributed by atoms with Crippen molar-refractivity contribution in [1.82, 2.24) is 0 Å². The molecule has 0 heterocycles. The normalized spacial score (nSPS) is 32.8. The van der Waals surface area contributed by atoms with Gasteiger partial charge in [-0.1, -0.05) is 13.8 Å². The number of carbonyl (C=O) groups is 3. The quantitative estimate of drug-likeness (QED) is 0.350. The number of hydrogen-bond donors (Lipinski definition) is 4. The first-order valence-corrected chi connectivity index (χ1v) is 9.28. The molecule has 0 aromatic rings. The fraction of sp³-hybridized carbons (Fsp3) is 0.812. The Morgan fingerprint density at radius 2 is 1.96 bits per heavy atom. The molecule has 8 heteroatoms. The fourth-order valence-corrected chi connectivity index (χ4v) is 4.59. The molecule has 7 nitrogen and oxygen atoms in total. The maximum absolute atomic E-state index is 11.7. The fourth-order valence-electron chi connectivity index (χ4n) is 3.61. The lowest BCUT2D eigenvalue weighted by atomic mass is 9.60. The molecule has 1 fully saturated rings. The Labute approximate surface area is 146 Å². The number of carbonyl (C=O) groups excluding carboxylic acids is 1. The second-order valence-electron chi connectivity index (χ2n) is 6.71. The first kappa shape index (κ1) is 20.9. The third-order valence-corrected chi connectivity index (χ3v) is 6.30. The molecule has 0 aromatic carbocycles. The first-order chi connectivity index (χ1) is 11.1. The van der Waals surface area contributed by atoms with Crippen LogP contribution in [0.1, 0.15) is 33.1 Å². The summed E-state index contributed by atoms with van der Waals surface area (Å²) in [5, 5.41) is 28.9. The van der Waals surface area contributed by atoms with E-state index in [1.807, 2.05) is 6.92 Å². The van der Waals surface area contributed by atoms with Crippen LogP contribution in [0, 0.1) is 23.7 Å². The average molecular weight is 361 g/mol. The molecule has 5 N–H and O–H groups in total. The highest BCUT2D eigenvalue weighted by Gasteiger charge is 2.52. The van der Waals surface area contributed by atoms with Gasteiger partial charge in [0.05, 0.1) is 5.92 Å². The standard InChI is InChI=1S/C16H27NO6S/c1-9-3-4-12(10(2)14(19)20)16(23,8-18)11(9)5-6-24-7-13(17)15(21)22/h8-13,23H,3-7,17H2,1-2H3,(H,19,20)(H,21,22)/t9-,10?,11?,12?,13+,16?/m1/s1. The smallest absolute Gasteiger partial charge is 0.321 e. The van der Waals surface area contributed by atoms with Crippen LogP contribution < -0.4 is 5.73 Å². The molecule has 0 amide bonds. The minimum absolute atomic E-state index is 0.0891. The molecule has 1 aliphatic rings. The van der Waals surface area contributed by atoms with Gasteiger partial charge >= 0.3 is 11.9 Å². The number of carboxylic acid groups (broad SMARTS) is 2. The first-order valence-electron chi connectivity index (χ1n) is 8.12. The zero-order valence-electron chi connectivity index (χ0n) is 14.1. The number of nitrogens with two attached hydrogens (primary N) is 1. The van der Waals surface area contributed by atoms with Crippen LogP contribution in [0.3, 0.4) is 0 Å². The van der Waals surface area contributed by atoms with Crippen molar-refractivity contribution in [2.24, 2.45) is 29.4 Å². The molecule has 0 aromatic heterocycles. The molecule has 0 spiro atoms. The minimum atomic E-state index is -1.66. The summed E-state index contributed by atoms with van der Waals surface area (Å²) >= 11 is 1.36. The van der Waals surface area contributed by atoms with E-state index in [4.69, 9.17) is 10.8 Å². The number of aldehydes is 1. The van der Waals surface area contributed by atoms with Gasteiger partial charge in [0.15, 0.2) is 6.29 Å². The summed E-state index contributed by atoms with van der Waals surface area (Å²) in [6, 6.07) is -0.941. The Morgan fingerprint density at radius 3 is 2.46 bits per heavy atom. The second kappa shape index (κ2) is 8.82. The highest BCUT2D eigenvalue weighted by Crippen LogP contribution is 2.46. The van der Waals surface area contributed by atoms with Crippen LogP contribution in [0.2, 0.25) is 0 Å². The SMILES string of the molecule is CC(C(=O)O)C1CC[C@@H](C)C(CCSC[C@H](N)C(=O)O)C1(O)C=O. The van der Waals surface area contributed by atoms with Gasteiger partial charge in [-0.05, 0) is 36.9 Å². The molecule has 138 valence electrons. The second-order valence-corrected chi connectivity index (χ2v) is 7.86. The van der Waals surface area contributed by atoms with Crippen molar-refractivity contribution in [2.75, 3.05) is 11.5 Å². The lowest BCUT2D eigenvalue weighted by Gasteiger charge is -2.47. The van der Waals surface area contributed by atoms with E-state index in [1.54, 1.807) is 0 Å². The molecule has 4 unspecified atom stereocenters. The van der Waals surface area contributed by atoms with Crippen LogP contribution in [0.15, 0.2) is 0 Å². The van der Waals surface area contributed by atoms with Gasteiger partial charge in [-0.15, -0.1) is 0 Å². The summed E-state index contributed by atoms with van der Waals surface area (Å²) in [5.41, 5.74) is 3.78. The number of aliphatic carboxylic acids is 2. The van der Waals surface area contributed by atoms with E-state index in [9.17, 15) is 24.6 Å². The lowest BCUT2D eigenvalue weighted by Crippen LogP contribution is -2.55. The van der Waals surface area contributed by atoms with Crippen molar-refractivity contribution in [3.63, 3.8) is 0 Å². The number of thioether (sulfide) groups is 1. The van der Waals surface area contributed by atoms with E-state index in [0.29, 0.717) is 24.9 Å². The van der Waals surface area contributed by atoms with Gasteiger partial charge in [-0.3, -0.25) is 9.59 Å². The maximum Gasteiger partial charge on any atom is 0.321 e. The highest BCUT2D eigenvalue weighted by molar-refractivity contribution is 7.99. The van der Waals surface area contributed by atoms with Crippen molar-refractivity contribution >= 4 is 30.0 Å². The van der Waals surface area contributed by atoms with Crippen LogP contribution in [-0.4, -0.2) is 56.7 Å². The largest absolute Gasteiger partial charge is 0.481 e. The monoisotopic (exact) mass is 361 g/mol. The van der Waals surface area contributed by atoms with Gasteiger partial charge in [-0.25, -0.2) is 0 Å². The molecule has 1 saturated carbocycles. The van der Waals surface area contributed by atoms with E-state index in [0.717, 1.165) is 6.42 Å². The van der Waals surface area contributed by atoms with Crippen LogP contribution >= 0.6 is 11.8 Å². The van der Waals surface area contributed by atoms with Gasteiger partial charge in [-0.2, -0.15) is 11.8 Å². The van der Waals surface area contributed by atoms with Crippen LogP contribution in [0.5, 0.6) is 0 Å². The zero-order chi connectivity index (χ0) is 18.5. The summed E-state index contributed by atoms with van der Waals surface area (Å²) in [6.45, 7) is 3.48. The van der Waals surface area contributed by atoms with Crippen molar-refractivity contribution in [1.29, 1.82) is 0 Å². The van der Waals surface area contributed by atoms with Gasteiger partial charge in [0, 0.05) is 11.7 Å². The van der Waals surface area contributed by atoms with Crippen molar-refractivity contribution in [3.05, 3.63) is 0 Å². The van der Waals surface area contributed by atoms with Crippen molar-refractivity contribution < 1.29 is 29.7 Å². The summed E-state index contributed by atoms with van der Waals surface area (Å²) in [4.78, 5) is 33.6. The topological polar surface area (TPSA) is 138 Å². The molecule has 0 saturated heterocycles. The van der Waals surface area contributed by atoms with E-state index in [-0.39, 0.29) is 17.6 Å². The average Bonchev–Trinajstić information content (AvgIpc) is 2.52. The van der Waals surface area contributed by atoms with Crippen molar-refractivity contribution in [2.45, 2.75) is 44.8 Å². The van der Waals surface area contributed by atoms with Gasteiger partial charge < -0.3 is 25.8 Å². The zero-order valence-corrected chi connectivity index (χ0v) is 14.9. The molecule has 0 bridgehead atoms. The van der Waals surface area contributed by atoms with E-state index in [1.165, 1.54) is 18.7 Å². The predicted molar refractivity (Wildman–Crippen MR) is 90.7 cm³/mol. The molecular weight excluding hydrogens is 334 g/mol. The third-order valence-electron chi connectivity index (χ3n) is 5.18. The van der Waals surface area contributed by atoms with Gasteiger partial charge in [0.2, 0.25) is 0 Å². The molecule has 6 atom stereocenters. The minimum Gasteiger partial charge on any atom is -0.481 e. The molecule has 0 aliphatic heterocycles. The Bertz CT molecular complexity index is 473. The predicted octanol–water partition coefficient (Wildman–Crippen LogP) is 0.835.